The second-order valence-electron chi connectivity index (χ2n) is 4.46. The Labute approximate surface area is 110 Å². The molecule has 7 heteroatoms. The predicted molar refractivity (Wildman–Crippen MR) is 65.5 cm³/mol. The molecule has 7 nitrogen and oxygen atoms in total. The van der Waals surface area contributed by atoms with Crippen LogP contribution in [-0.4, -0.2) is 47.8 Å². The first-order valence-electron chi connectivity index (χ1n) is 5.93. The Morgan fingerprint density at radius 2 is 2.11 bits per heavy atom. The van der Waals surface area contributed by atoms with Crippen molar-refractivity contribution >= 4 is 11.8 Å². The van der Waals surface area contributed by atoms with Gasteiger partial charge in [-0.05, 0) is 18.9 Å². The van der Waals surface area contributed by atoms with Crippen LogP contribution in [0.25, 0.3) is 0 Å². The van der Waals surface area contributed by atoms with E-state index < -0.39 is 23.8 Å². The predicted octanol–water partition coefficient (Wildman–Crippen LogP) is -1.57. The SMILES string of the molecule is CC1=C(C#N)C(=O)NC(=O)C(CNC(CO)CO)C1. The standard InChI is InChI=1S/C12H17N3O4/c1-7-2-8(4-14-9(5-16)6-17)11(18)15-12(19)10(7)3-13/h8-9,14,16-17H,2,4-6H2,1H3,(H,15,18,19). The molecule has 1 aliphatic heterocycles. The van der Waals surface area contributed by atoms with E-state index in [0.717, 1.165) is 0 Å². The second-order valence-corrected chi connectivity index (χ2v) is 4.46. The van der Waals surface area contributed by atoms with E-state index in [9.17, 15) is 9.59 Å². The molecule has 19 heavy (non-hydrogen) atoms. The average molecular weight is 267 g/mol. The van der Waals surface area contributed by atoms with E-state index in [0.29, 0.717) is 5.57 Å². The summed E-state index contributed by atoms with van der Waals surface area (Å²) in [5, 5.41) is 31.7. The van der Waals surface area contributed by atoms with Gasteiger partial charge in [0.05, 0.1) is 25.2 Å². The smallest absolute Gasteiger partial charge is 0.268 e. The van der Waals surface area contributed by atoms with Crippen LogP contribution in [0.1, 0.15) is 13.3 Å². The maximum absolute atomic E-state index is 11.8. The van der Waals surface area contributed by atoms with Crippen molar-refractivity contribution < 1.29 is 19.8 Å². The molecule has 1 aliphatic rings. The topological polar surface area (TPSA) is 122 Å². The first-order valence-corrected chi connectivity index (χ1v) is 5.93. The van der Waals surface area contributed by atoms with Crippen molar-refractivity contribution in [2.45, 2.75) is 19.4 Å². The van der Waals surface area contributed by atoms with Gasteiger partial charge in [-0.25, -0.2) is 0 Å². The zero-order valence-corrected chi connectivity index (χ0v) is 10.6. The minimum Gasteiger partial charge on any atom is -0.395 e. The first kappa shape index (κ1) is 15.3. The highest BCUT2D eigenvalue weighted by atomic mass is 16.3. The lowest BCUT2D eigenvalue weighted by atomic mass is 9.98. The molecule has 0 spiro atoms. The largest absolute Gasteiger partial charge is 0.395 e. The highest BCUT2D eigenvalue weighted by Crippen LogP contribution is 2.18. The summed E-state index contributed by atoms with van der Waals surface area (Å²) in [7, 11) is 0. The zero-order chi connectivity index (χ0) is 14.4. The number of carbonyl (C=O) groups excluding carboxylic acids is 2. The molecule has 1 unspecified atom stereocenters. The highest BCUT2D eigenvalue weighted by molar-refractivity contribution is 6.08. The molecule has 1 rings (SSSR count). The minimum atomic E-state index is -0.673. The average Bonchev–Trinajstić information content (AvgIpc) is 2.48. The van der Waals surface area contributed by atoms with Crippen LogP contribution in [0.3, 0.4) is 0 Å². The molecular weight excluding hydrogens is 250 g/mol. The van der Waals surface area contributed by atoms with E-state index in [1.165, 1.54) is 0 Å². The Morgan fingerprint density at radius 1 is 1.47 bits per heavy atom. The molecule has 1 heterocycles. The number of aliphatic hydroxyl groups excluding tert-OH is 2. The lowest BCUT2D eigenvalue weighted by molar-refractivity contribution is -0.130. The number of aliphatic hydroxyl groups is 2. The van der Waals surface area contributed by atoms with E-state index in [-0.39, 0.29) is 31.8 Å². The number of hydrogen-bond donors (Lipinski definition) is 4. The molecule has 0 fully saturated rings. The molecule has 0 radical (unpaired) electrons. The van der Waals surface area contributed by atoms with Crippen molar-refractivity contribution in [1.82, 2.24) is 10.6 Å². The summed E-state index contributed by atoms with van der Waals surface area (Å²) in [5.74, 6) is -1.65. The fraction of sp³-hybridized carbons (Fsp3) is 0.583. The number of rotatable bonds is 5. The van der Waals surface area contributed by atoms with Gasteiger partial charge < -0.3 is 15.5 Å². The summed E-state index contributed by atoms with van der Waals surface area (Å²) in [5.41, 5.74) is 0.527. The molecule has 0 aromatic heterocycles. The number of nitriles is 1. The van der Waals surface area contributed by atoms with Gasteiger partial charge in [0.2, 0.25) is 5.91 Å². The number of amides is 2. The molecule has 4 N–H and O–H groups in total. The van der Waals surface area contributed by atoms with E-state index in [2.05, 4.69) is 10.6 Å². The highest BCUT2D eigenvalue weighted by Gasteiger charge is 2.28. The number of carbonyl (C=O) groups is 2. The van der Waals surface area contributed by atoms with Crippen LogP contribution < -0.4 is 10.6 Å². The Kier molecular flexibility index (Phi) is 5.63. The van der Waals surface area contributed by atoms with Crippen LogP contribution in [-0.2, 0) is 9.59 Å². The van der Waals surface area contributed by atoms with Crippen molar-refractivity contribution in [3.05, 3.63) is 11.1 Å². The Hall–Kier alpha value is -1.75. The second kappa shape index (κ2) is 6.99. The van der Waals surface area contributed by atoms with Crippen molar-refractivity contribution in [1.29, 1.82) is 5.26 Å². The molecule has 0 bridgehead atoms. The summed E-state index contributed by atoms with van der Waals surface area (Å²) in [6.07, 6.45) is 0.289. The van der Waals surface area contributed by atoms with Gasteiger partial charge in [-0.2, -0.15) is 5.26 Å². The van der Waals surface area contributed by atoms with Crippen LogP contribution in [0, 0.1) is 17.2 Å². The van der Waals surface area contributed by atoms with Gasteiger partial charge in [0, 0.05) is 6.54 Å². The third-order valence-corrected chi connectivity index (χ3v) is 3.02. The van der Waals surface area contributed by atoms with Gasteiger partial charge in [-0.15, -0.1) is 0 Å². The number of allylic oxidation sites excluding steroid dienone is 1. The third kappa shape index (κ3) is 3.86. The van der Waals surface area contributed by atoms with Crippen molar-refractivity contribution in [2.24, 2.45) is 5.92 Å². The maximum atomic E-state index is 11.8. The Bertz CT molecular complexity index is 435. The molecule has 0 saturated carbocycles. The molecule has 0 saturated heterocycles. The van der Waals surface area contributed by atoms with Crippen LogP contribution in [0.4, 0.5) is 0 Å². The quantitative estimate of drug-likeness (QED) is 0.446. The van der Waals surface area contributed by atoms with Crippen molar-refractivity contribution in [3.8, 4) is 6.07 Å². The summed E-state index contributed by atoms with van der Waals surface area (Å²) in [6.45, 7) is 1.35. The van der Waals surface area contributed by atoms with Gasteiger partial charge in [0.25, 0.3) is 5.91 Å². The summed E-state index contributed by atoms with van der Waals surface area (Å²) in [6, 6.07) is 1.28. The monoisotopic (exact) mass is 267 g/mol. The zero-order valence-electron chi connectivity index (χ0n) is 10.6. The van der Waals surface area contributed by atoms with Gasteiger partial charge in [-0.1, -0.05) is 0 Å². The Balaban J connectivity index is 2.75. The first-order chi connectivity index (χ1) is 9.03. The number of hydrogen-bond acceptors (Lipinski definition) is 6. The lowest BCUT2D eigenvalue weighted by Gasteiger charge is -2.18. The van der Waals surface area contributed by atoms with Crippen LogP contribution >= 0.6 is 0 Å². The van der Waals surface area contributed by atoms with Gasteiger partial charge in [0.15, 0.2) is 0 Å². The van der Waals surface area contributed by atoms with Crippen molar-refractivity contribution in [3.63, 3.8) is 0 Å². The molecule has 0 aromatic carbocycles. The molecule has 0 aromatic rings. The molecule has 0 aliphatic carbocycles. The number of imide groups is 1. The van der Waals surface area contributed by atoms with Crippen LogP contribution in [0.2, 0.25) is 0 Å². The van der Waals surface area contributed by atoms with E-state index in [1.54, 1.807) is 13.0 Å². The van der Waals surface area contributed by atoms with E-state index in [1.807, 2.05) is 0 Å². The number of nitrogens with one attached hydrogen (secondary N) is 2. The third-order valence-electron chi connectivity index (χ3n) is 3.02. The van der Waals surface area contributed by atoms with Crippen LogP contribution in [0.15, 0.2) is 11.1 Å². The summed E-state index contributed by atoms with van der Waals surface area (Å²) >= 11 is 0. The summed E-state index contributed by atoms with van der Waals surface area (Å²) < 4.78 is 0. The molecule has 1 atom stereocenters. The van der Waals surface area contributed by atoms with Gasteiger partial charge in [0.1, 0.15) is 11.6 Å². The minimum absolute atomic E-state index is 0.0308. The van der Waals surface area contributed by atoms with E-state index in [4.69, 9.17) is 15.5 Å². The van der Waals surface area contributed by atoms with Gasteiger partial charge >= 0.3 is 0 Å². The molecule has 104 valence electrons. The fourth-order valence-corrected chi connectivity index (χ4v) is 1.84. The number of nitrogens with zero attached hydrogens (tertiary/aromatic N) is 1. The maximum Gasteiger partial charge on any atom is 0.268 e. The molecular formula is C12H17N3O4. The Morgan fingerprint density at radius 3 is 2.63 bits per heavy atom. The van der Waals surface area contributed by atoms with Crippen LogP contribution in [0.5, 0.6) is 0 Å². The lowest BCUT2D eigenvalue weighted by Crippen LogP contribution is -2.43. The normalized spacial score (nSPS) is 20.3. The van der Waals surface area contributed by atoms with Crippen molar-refractivity contribution in [2.75, 3.05) is 19.8 Å². The van der Waals surface area contributed by atoms with Gasteiger partial charge in [-0.3, -0.25) is 14.9 Å². The fourth-order valence-electron chi connectivity index (χ4n) is 1.84. The molecule has 2 amide bonds. The summed E-state index contributed by atoms with van der Waals surface area (Å²) in [4.78, 5) is 23.3. The van der Waals surface area contributed by atoms with E-state index >= 15 is 0 Å².